The van der Waals surface area contributed by atoms with Gasteiger partial charge in [0.2, 0.25) is 0 Å². The highest BCUT2D eigenvalue weighted by molar-refractivity contribution is 6.25. The van der Waals surface area contributed by atoms with Gasteiger partial charge in [0.1, 0.15) is 0 Å². The lowest BCUT2D eigenvalue weighted by molar-refractivity contribution is 0.661. The monoisotopic (exact) mass is 731 g/mol. The molecule has 0 spiro atoms. The first kappa shape index (κ1) is 33.9. The summed E-state index contributed by atoms with van der Waals surface area (Å²) in [5.41, 5.74) is 18.1. The summed E-state index contributed by atoms with van der Waals surface area (Å²) in [6.45, 7) is 0. The Bertz CT molecular complexity index is 2770. The van der Waals surface area contributed by atoms with Gasteiger partial charge < -0.3 is 4.90 Å². The lowest BCUT2D eigenvalue weighted by atomic mass is 9.75. The average Bonchev–Trinajstić information content (AvgIpc) is 3.30. The van der Waals surface area contributed by atoms with Gasteiger partial charge >= 0.3 is 0 Å². The van der Waals surface area contributed by atoms with Crippen LogP contribution in [0.15, 0.2) is 176 Å². The highest BCUT2D eigenvalue weighted by Gasteiger charge is 2.31. The lowest BCUT2D eigenvalue weighted by Crippen LogP contribution is -2.21. The van der Waals surface area contributed by atoms with E-state index in [0.29, 0.717) is 0 Å². The third kappa shape index (κ3) is 5.84. The van der Waals surface area contributed by atoms with Gasteiger partial charge in [-0.3, -0.25) is 0 Å². The fourth-order valence-electron chi connectivity index (χ4n) is 10.2. The number of nitrogens with zero attached hydrogens (tertiary/aromatic N) is 1. The van der Waals surface area contributed by atoms with Crippen molar-refractivity contribution >= 4 is 49.4 Å². The van der Waals surface area contributed by atoms with E-state index in [4.69, 9.17) is 0 Å². The van der Waals surface area contributed by atoms with Gasteiger partial charge in [-0.1, -0.05) is 146 Å². The highest BCUT2D eigenvalue weighted by Crippen LogP contribution is 2.51. The average molecular weight is 732 g/mol. The second-order valence-corrected chi connectivity index (χ2v) is 16.1. The molecule has 0 aliphatic heterocycles. The Morgan fingerprint density at radius 2 is 0.632 bits per heavy atom. The van der Waals surface area contributed by atoms with Crippen LogP contribution in [-0.2, 0) is 25.7 Å². The van der Waals surface area contributed by atoms with Crippen LogP contribution in [0, 0.1) is 0 Å². The summed E-state index contributed by atoms with van der Waals surface area (Å²) in [6, 6.07) is 65.6. The topological polar surface area (TPSA) is 3.24 Å². The second kappa shape index (κ2) is 14.3. The standard InChI is InChI=1S/C56H45N/c1-3-15-38(16-4-1)40-27-32-43(33-28-40)57(44-34-29-41(30-35-44)39-17-5-2-6-18-39)56-52-25-13-11-23-50(52)55(51-24-12-14-26-53(51)56)42-31-36-49-47-21-8-7-19-45(47)46-20-9-10-22-48(46)54(49)37-42/h1-10,15-22,27-37H,11-14,23-26H2. The van der Waals surface area contributed by atoms with Crippen molar-refractivity contribution < 1.29 is 0 Å². The van der Waals surface area contributed by atoms with E-state index in [1.165, 1.54) is 108 Å². The molecule has 1 heteroatoms. The highest BCUT2D eigenvalue weighted by atomic mass is 15.1. The van der Waals surface area contributed by atoms with Crippen LogP contribution < -0.4 is 4.90 Å². The van der Waals surface area contributed by atoms with Gasteiger partial charge in [-0.15, -0.1) is 0 Å². The fourth-order valence-corrected chi connectivity index (χ4v) is 10.2. The van der Waals surface area contributed by atoms with Gasteiger partial charge in [0.05, 0.1) is 5.69 Å². The van der Waals surface area contributed by atoms with Crippen LogP contribution in [0.1, 0.15) is 47.9 Å². The molecule has 2 aliphatic carbocycles. The molecule has 11 rings (SSSR count). The Labute approximate surface area is 335 Å². The molecule has 0 heterocycles. The maximum atomic E-state index is 2.63. The zero-order valence-corrected chi connectivity index (χ0v) is 32.3. The summed E-state index contributed by atoms with van der Waals surface area (Å²) < 4.78 is 0. The first-order valence-corrected chi connectivity index (χ1v) is 20.9. The Kier molecular flexibility index (Phi) is 8.47. The molecular formula is C56H45N. The molecule has 0 bridgehead atoms. The summed E-state index contributed by atoms with van der Waals surface area (Å²) in [5.74, 6) is 0. The summed E-state index contributed by atoms with van der Waals surface area (Å²) in [5, 5.41) is 8.06. The van der Waals surface area contributed by atoms with E-state index in [2.05, 4.69) is 181 Å². The number of rotatable bonds is 6. The Hall–Kier alpha value is -6.44. The van der Waals surface area contributed by atoms with Crippen molar-refractivity contribution in [1.29, 1.82) is 0 Å². The van der Waals surface area contributed by atoms with Crippen LogP contribution in [0.25, 0.3) is 65.7 Å². The van der Waals surface area contributed by atoms with Crippen molar-refractivity contribution in [3.8, 4) is 33.4 Å². The molecule has 57 heavy (non-hydrogen) atoms. The van der Waals surface area contributed by atoms with Crippen molar-refractivity contribution in [2.24, 2.45) is 0 Å². The van der Waals surface area contributed by atoms with E-state index in [-0.39, 0.29) is 0 Å². The molecule has 9 aromatic carbocycles. The zero-order chi connectivity index (χ0) is 37.7. The van der Waals surface area contributed by atoms with Crippen molar-refractivity contribution in [2.45, 2.75) is 51.4 Å². The van der Waals surface area contributed by atoms with Gasteiger partial charge in [0.15, 0.2) is 0 Å². The van der Waals surface area contributed by atoms with Crippen molar-refractivity contribution in [3.63, 3.8) is 0 Å². The minimum Gasteiger partial charge on any atom is -0.310 e. The third-order valence-corrected chi connectivity index (χ3v) is 12.8. The predicted octanol–water partition coefficient (Wildman–Crippen LogP) is 15.4. The van der Waals surface area contributed by atoms with Gasteiger partial charge in [0.25, 0.3) is 0 Å². The number of fused-ring (bicyclic) bond motifs is 8. The zero-order valence-electron chi connectivity index (χ0n) is 32.3. The summed E-state index contributed by atoms with van der Waals surface area (Å²) in [7, 11) is 0. The number of anilines is 3. The van der Waals surface area contributed by atoms with E-state index >= 15 is 0 Å². The molecule has 0 fully saturated rings. The van der Waals surface area contributed by atoms with E-state index in [1.807, 2.05) is 0 Å². The van der Waals surface area contributed by atoms with E-state index < -0.39 is 0 Å². The normalized spacial score (nSPS) is 13.8. The maximum Gasteiger partial charge on any atom is 0.0531 e. The number of benzene rings is 9. The van der Waals surface area contributed by atoms with Gasteiger partial charge in [-0.2, -0.15) is 0 Å². The van der Waals surface area contributed by atoms with Crippen LogP contribution in [0.4, 0.5) is 17.1 Å². The Morgan fingerprint density at radius 1 is 0.281 bits per heavy atom. The molecular weight excluding hydrogens is 687 g/mol. The first-order chi connectivity index (χ1) is 28.3. The lowest BCUT2D eigenvalue weighted by Gasteiger charge is -2.37. The van der Waals surface area contributed by atoms with E-state index in [1.54, 1.807) is 22.3 Å². The van der Waals surface area contributed by atoms with Crippen LogP contribution in [0.5, 0.6) is 0 Å². The molecule has 9 aromatic rings. The van der Waals surface area contributed by atoms with Gasteiger partial charge in [-0.05, 0) is 170 Å². The van der Waals surface area contributed by atoms with E-state index in [0.717, 1.165) is 25.7 Å². The molecule has 0 amide bonds. The molecule has 0 saturated heterocycles. The second-order valence-electron chi connectivity index (χ2n) is 16.1. The van der Waals surface area contributed by atoms with Crippen LogP contribution in [0.2, 0.25) is 0 Å². The Balaban J connectivity index is 1.14. The van der Waals surface area contributed by atoms with Crippen molar-refractivity contribution in [1.82, 2.24) is 0 Å². The van der Waals surface area contributed by atoms with Crippen molar-refractivity contribution in [3.05, 3.63) is 198 Å². The molecule has 274 valence electrons. The Morgan fingerprint density at radius 3 is 1.09 bits per heavy atom. The largest absolute Gasteiger partial charge is 0.310 e. The van der Waals surface area contributed by atoms with Crippen LogP contribution in [-0.4, -0.2) is 0 Å². The molecule has 0 atom stereocenters. The van der Waals surface area contributed by atoms with Crippen LogP contribution in [0.3, 0.4) is 0 Å². The predicted molar refractivity (Wildman–Crippen MR) is 243 cm³/mol. The van der Waals surface area contributed by atoms with Crippen LogP contribution >= 0.6 is 0 Å². The molecule has 0 aromatic heterocycles. The molecule has 0 saturated carbocycles. The summed E-state index contributed by atoms with van der Waals surface area (Å²) in [6.07, 6.45) is 9.36. The minimum atomic E-state index is 1.10. The SMILES string of the molecule is c1ccc(-c2ccc(N(c3ccc(-c4ccccc4)cc3)c3c4c(c(-c5ccc6c7ccccc7c7ccccc7c6c5)c5c3CCCC5)CCCC4)cc2)cc1. The molecule has 0 N–H and O–H groups in total. The fraction of sp³-hybridized carbons (Fsp3) is 0.143. The number of hydrogen-bond donors (Lipinski definition) is 0. The summed E-state index contributed by atoms with van der Waals surface area (Å²) in [4.78, 5) is 2.63. The maximum absolute atomic E-state index is 2.63. The first-order valence-electron chi connectivity index (χ1n) is 20.9. The quantitative estimate of drug-likeness (QED) is 0.154. The molecule has 2 aliphatic rings. The smallest absolute Gasteiger partial charge is 0.0531 e. The molecule has 0 radical (unpaired) electrons. The minimum absolute atomic E-state index is 1.10. The molecule has 1 nitrogen and oxygen atoms in total. The van der Waals surface area contributed by atoms with Crippen molar-refractivity contribution in [2.75, 3.05) is 4.90 Å². The van der Waals surface area contributed by atoms with E-state index in [9.17, 15) is 0 Å². The number of hydrogen-bond acceptors (Lipinski definition) is 1. The summed E-state index contributed by atoms with van der Waals surface area (Å²) >= 11 is 0. The van der Waals surface area contributed by atoms with Gasteiger partial charge in [-0.25, -0.2) is 0 Å². The van der Waals surface area contributed by atoms with Gasteiger partial charge in [0, 0.05) is 11.4 Å². The molecule has 0 unspecified atom stereocenters. The third-order valence-electron chi connectivity index (χ3n) is 12.8.